The van der Waals surface area contributed by atoms with Gasteiger partial charge >= 0.3 is 0 Å². The number of hydrogen-bond acceptors (Lipinski definition) is 5. The molecule has 4 rings (SSSR count). The number of pyridine rings is 1. The molecule has 1 unspecified atom stereocenters. The predicted molar refractivity (Wildman–Crippen MR) is 98.5 cm³/mol. The smallest absolute Gasteiger partial charge is 0.157 e. The van der Waals surface area contributed by atoms with Crippen molar-refractivity contribution in [3.8, 4) is 0 Å². The molecule has 0 aromatic carbocycles. The van der Waals surface area contributed by atoms with E-state index in [0.29, 0.717) is 6.10 Å². The standard InChI is InChI=1S/C19H29N5O/c1-14-12-24(8-9-25-14)17-4-6-23(7-5-17)13-16-10-18-15(2)21-22(3)19(18)20-11-16/h10-11,14,17H,4-9,12-13H2,1-3H3. The normalized spacial score (nSPS) is 24.2. The van der Waals surface area contributed by atoms with Crippen LogP contribution in [0.15, 0.2) is 12.3 Å². The van der Waals surface area contributed by atoms with Crippen molar-refractivity contribution in [1.29, 1.82) is 0 Å². The molecule has 0 aliphatic carbocycles. The van der Waals surface area contributed by atoms with Crippen LogP contribution in [0.25, 0.3) is 11.0 Å². The number of likely N-dealkylation sites (tertiary alicyclic amines) is 1. The SMILES string of the molecule is Cc1nn(C)c2ncc(CN3CCC(N4CCOC(C)C4)CC3)cc12. The minimum absolute atomic E-state index is 0.382. The van der Waals surface area contributed by atoms with Crippen LogP contribution in [-0.4, -0.2) is 69.5 Å². The molecule has 25 heavy (non-hydrogen) atoms. The van der Waals surface area contributed by atoms with Crippen LogP contribution in [0.2, 0.25) is 0 Å². The summed E-state index contributed by atoms with van der Waals surface area (Å²) in [7, 11) is 1.96. The maximum atomic E-state index is 5.68. The van der Waals surface area contributed by atoms with Crippen molar-refractivity contribution >= 4 is 11.0 Å². The fourth-order valence-electron chi connectivity index (χ4n) is 4.32. The molecule has 2 aromatic heterocycles. The summed E-state index contributed by atoms with van der Waals surface area (Å²) in [6, 6.07) is 2.99. The van der Waals surface area contributed by atoms with Crippen molar-refractivity contribution < 1.29 is 4.74 Å². The highest BCUT2D eigenvalue weighted by molar-refractivity contribution is 5.78. The van der Waals surface area contributed by atoms with E-state index < -0.39 is 0 Å². The Balaban J connectivity index is 1.36. The average molecular weight is 343 g/mol. The number of nitrogens with zero attached hydrogens (tertiary/aromatic N) is 5. The Labute approximate surface area is 149 Å². The Bertz CT molecular complexity index is 735. The number of aryl methyl sites for hydroxylation is 2. The lowest BCUT2D eigenvalue weighted by Crippen LogP contribution is -2.50. The van der Waals surface area contributed by atoms with Gasteiger partial charge in [0, 0.05) is 44.3 Å². The van der Waals surface area contributed by atoms with Crippen molar-refractivity contribution in [3.05, 3.63) is 23.5 Å². The van der Waals surface area contributed by atoms with Crippen LogP contribution >= 0.6 is 0 Å². The molecule has 0 radical (unpaired) electrons. The van der Waals surface area contributed by atoms with Crippen LogP contribution in [0.3, 0.4) is 0 Å². The Morgan fingerprint density at radius 1 is 1.24 bits per heavy atom. The van der Waals surface area contributed by atoms with Gasteiger partial charge in [-0.15, -0.1) is 0 Å². The van der Waals surface area contributed by atoms with Crippen molar-refractivity contribution in [2.75, 3.05) is 32.8 Å². The molecule has 1 atom stereocenters. The van der Waals surface area contributed by atoms with Gasteiger partial charge in [0.15, 0.2) is 5.65 Å². The third-order valence-corrected chi connectivity index (χ3v) is 5.67. The zero-order valence-corrected chi connectivity index (χ0v) is 15.6. The molecule has 4 heterocycles. The summed E-state index contributed by atoms with van der Waals surface area (Å²) in [6.07, 6.45) is 4.91. The topological polar surface area (TPSA) is 46.4 Å². The fourth-order valence-corrected chi connectivity index (χ4v) is 4.32. The molecule has 2 aromatic rings. The van der Waals surface area contributed by atoms with Gasteiger partial charge < -0.3 is 4.74 Å². The number of morpholine rings is 1. The Hall–Kier alpha value is -1.50. The summed E-state index contributed by atoms with van der Waals surface area (Å²) in [4.78, 5) is 9.82. The lowest BCUT2D eigenvalue weighted by molar-refractivity contribution is -0.0437. The van der Waals surface area contributed by atoms with Crippen LogP contribution in [0, 0.1) is 6.92 Å². The van der Waals surface area contributed by atoms with Crippen LogP contribution in [-0.2, 0) is 18.3 Å². The zero-order chi connectivity index (χ0) is 17.4. The van der Waals surface area contributed by atoms with E-state index >= 15 is 0 Å². The van der Waals surface area contributed by atoms with Gasteiger partial charge in [0.25, 0.3) is 0 Å². The molecule has 0 saturated carbocycles. The molecule has 2 aliphatic rings. The monoisotopic (exact) mass is 343 g/mol. The van der Waals surface area contributed by atoms with Crippen molar-refractivity contribution in [2.24, 2.45) is 7.05 Å². The summed E-state index contributed by atoms with van der Waals surface area (Å²) in [5.74, 6) is 0. The van der Waals surface area contributed by atoms with E-state index in [1.54, 1.807) is 0 Å². The van der Waals surface area contributed by atoms with Gasteiger partial charge in [-0.05, 0) is 51.4 Å². The maximum absolute atomic E-state index is 5.68. The summed E-state index contributed by atoms with van der Waals surface area (Å²) in [6.45, 7) is 10.6. The van der Waals surface area contributed by atoms with E-state index in [0.717, 1.165) is 43.6 Å². The van der Waals surface area contributed by atoms with Crippen molar-refractivity contribution in [2.45, 2.75) is 45.4 Å². The highest BCUT2D eigenvalue weighted by Gasteiger charge is 2.27. The third kappa shape index (κ3) is 3.57. The first-order chi connectivity index (χ1) is 12.1. The highest BCUT2D eigenvalue weighted by Crippen LogP contribution is 2.22. The van der Waals surface area contributed by atoms with Crippen LogP contribution in [0.5, 0.6) is 0 Å². The molecule has 136 valence electrons. The summed E-state index contributed by atoms with van der Waals surface area (Å²) in [5, 5.41) is 5.65. The first-order valence-corrected chi connectivity index (χ1v) is 9.46. The first-order valence-electron chi connectivity index (χ1n) is 9.46. The molecule has 2 fully saturated rings. The lowest BCUT2D eigenvalue weighted by Gasteiger charge is -2.41. The average Bonchev–Trinajstić information content (AvgIpc) is 2.89. The van der Waals surface area contributed by atoms with Gasteiger partial charge in [-0.2, -0.15) is 5.10 Å². The van der Waals surface area contributed by atoms with Crippen LogP contribution in [0.4, 0.5) is 0 Å². The zero-order valence-electron chi connectivity index (χ0n) is 15.6. The van der Waals surface area contributed by atoms with Gasteiger partial charge in [-0.1, -0.05) is 0 Å². The minimum Gasteiger partial charge on any atom is -0.376 e. The van der Waals surface area contributed by atoms with E-state index in [4.69, 9.17) is 4.74 Å². The quantitative estimate of drug-likeness (QED) is 0.853. The molecule has 0 amide bonds. The molecule has 6 nitrogen and oxygen atoms in total. The fraction of sp³-hybridized carbons (Fsp3) is 0.684. The maximum Gasteiger partial charge on any atom is 0.157 e. The largest absolute Gasteiger partial charge is 0.376 e. The second kappa shape index (κ2) is 7.02. The Kier molecular flexibility index (Phi) is 4.75. The van der Waals surface area contributed by atoms with E-state index in [9.17, 15) is 0 Å². The Morgan fingerprint density at radius 2 is 2.04 bits per heavy atom. The van der Waals surface area contributed by atoms with E-state index in [-0.39, 0.29) is 0 Å². The predicted octanol–water partition coefficient (Wildman–Crippen LogP) is 1.96. The van der Waals surface area contributed by atoms with E-state index in [2.05, 4.69) is 39.8 Å². The van der Waals surface area contributed by atoms with E-state index in [1.807, 2.05) is 17.9 Å². The number of fused-ring (bicyclic) bond motifs is 1. The van der Waals surface area contributed by atoms with Gasteiger partial charge in [0.05, 0.1) is 18.4 Å². The van der Waals surface area contributed by atoms with Crippen LogP contribution in [0.1, 0.15) is 31.0 Å². The third-order valence-electron chi connectivity index (χ3n) is 5.67. The second-order valence-corrected chi connectivity index (χ2v) is 7.61. The van der Waals surface area contributed by atoms with Gasteiger partial charge in [-0.3, -0.25) is 14.5 Å². The first kappa shape index (κ1) is 16.9. The summed E-state index contributed by atoms with van der Waals surface area (Å²) < 4.78 is 7.54. The van der Waals surface area contributed by atoms with Crippen LogP contribution < -0.4 is 0 Å². The summed E-state index contributed by atoms with van der Waals surface area (Å²) in [5.41, 5.74) is 3.33. The minimum atomic E-state index is 0.382. The molecule has 0 bridgehead atoms. The summed E-state index contributed by atoms with van der Waals surface area (Å²) >= 11 is 0. The second-order valence-electron chi connectivity index (χ2n) is 7.61. The number of rotatable bonds is 3. The van der Waals surface area contributed by atoms with E-state index in [1.165, 1.54) is 36.9 Å². The number of ether oxygens (including phenoxy) is 1. The van der Waals surface area contributed by atoms with Gasteiger partial charge in [-0.25, -0.2) is 4.98 Å². The molecule has 2 saturated heterocycles. The lowest BCUT2D eigenvalue weighted by atomic mass is 10.0. The number of piperidine rings is 1. The van der Waals surface area contributed by atoms with Crippen molar-refractivity contribution in [1.82, 2.24) is 24.6 Å². The molecular formula is C19H29N5O. The van der Waals surface area contributed by atoms with Gasteiger partial charge in [0.2, 0.25) is 0 Å². The number of hydrogen-bond donors (Lipinski definition) is 0. The van der Waals surface area contributed by atoms with Crippen molar-refractivity contribution in [3.63, 3.8) is 0 Å². The number of aromatic nitrogens is 3. The van der Waals surface area contributed by atoms with Gasteiger partial charge in [0.1, 0.15) is 0 Å². The Morgan fingerprint density at radius 3 is 2.80 bits per heavy atom. The molecular weight excluding hydrogens is 314 g/mol. The molecule has 6 heteroatoms. The highest BCUT2D eigenvalue weighted by atomic mass is 16.5. The molecule has 0 spiro atoms. The molecule has 2 aliphatic heterocycles. The molecule has 0 N–H and O–H groups in total.